The van der Waals surface area contributed by atoms with Crippen molar-refractivity contribution in [2.24, 2.45) is 0 Å². The average molecular weight is 260 g/mol. The van der Waals surface area contributed by atoms with Gasteiger partial charge >= 0.3 is 0 Å². The summed E-state index contributed by atoms with van der Waals surface area (Å²) in [5, 5.41) is 3.30. The van der Waals surface area contributed by atoms with Crippen LogP contribution in [-0.2, 0) is 6.42 Å². The van der Waals surface area contributed by atoms with E-state index in [1.54, 1.807) is 0 Å². The Morgan fingerprint density at radius 3 is 3.00 bits per heavy atom. The number of ether oxygens (including phenoxy) is 1. The van der Waals surface area contributed by atoms with Gasteiger partial charge in [-0.05, 0) is 24.5 Å². The summed E-state index contributed by atoms with van der Waals surface area (Å²) in [7, 11) is 0. The number of piperazine rings is 1. The van der Waals surface area contributed by atoms with Crippen molar-refractivity contribution in [3.8, 4) is 5.75 Å². The molecule has 0 aromatic heterocycles. The Hall–Kier alpha value is -1.39. The van der Waals surface area contributed by atoms with Gasteiger partial charge in [0.2, 0.25) is 0 Å². The Bertz CT molecular complexity index is 467. The quantitative estimate of drug-likeness (QED) is 0.826. The number of nitrogens with zero attached hydrogens (tertiary/aromatic N) is 1. The first-order chi connectivity index (χ1) is 9.34. The number of para-hydroxylation sites is 1. The third-order valence-corrected chi connectivity index (χ3v) is 3.81. The van der Waals surface area contributed by atoms with Gasteiger partial charge in [-0.3, -0.25) is 9.69 Å². The zero-order valence-corrected chi connectivity index (χ0v) is 11.2. The van der Waals surface area contributed by atoms with E-state index in [1.165, 1.54) is 5.56 Å². The minimum absolute atomic E-state index is 0.181. The van der Waals surface area contributed by atoms with Crippen molar-refractivity contribution in [1.29, 1.82) is 0 Å². The van der Waals surface area contributed by atoms with Crippen molar-refractivity contribution in [3.05, 3.63) is 29.3 Å². The van der Waals surface area contributed by atoms with Crippen molar-refractivity contribution >= 4 is 5.78 Å². The van der Waals surface area contributed by atoms with Gasteiger partial charge in [-0.1, -0.05) is 12.1 Å². The number of hydrogen-bond donors (Lipinski definition) is 1. The monoisotopic (exact) mass is 260 g/mol. The summed E-state index contributed by atoms with van der Waals surface area (Å²) >= 11 is 0. The number of carbonyl (C=O) groups excluding carboxylic acids is 1. The molecule has 1 fully saturated rings. The molecule has 2 heterocycles. The second-order valence-electron chi connectivity index (χ2n) is 5.20. The standard InChI is InChI=1S/C15H20N2O2/c18-14(11-17-8-6-16-7-9-17)13-5-1-3-12-4-2-10-19-15(12)13/h1,3,5,16H,2,4,6-11H2. The van der Waals surface area contributed by atoms with Gasteiger partial charge in [0, 0.05) is 26.2 Å². The van der Waals surface area contributed by atoms with Crippen LogP contribution in [0.1, 0.15) is 22.3 Å². The van der Waals surface area contributed by atoms with Gasteiger partial charge in [-0.2, -0.15) is 0 Å². The maximum Gasteiger partial charge on any atom is 0.180 e. The number of nitrogens with one attached hydrogen (secondary N) is 1. The SMILES string of the molecule is O=C(CN1CCNCC1)c1cccc2c1OCCC2. The molecule has 1 saturated heterocycles. The Balaban J connectivity index is 1.75. The third-order valence-electron chi connectivity index (χ3n) is 3.81. The minimum atomic E-state index is 0.181. The van der Waals surface area contributed by atoms with Crippen LogP contribution in [0.3, 0.4) is 0 Å². The minimum Gasteiger partial charge on any atom is -0.493 e. The summed E-state index contributed by atoms with van der Waals surface area (Å²) < 4.78 is 5.71. The normalized spacial score (nSPS) is 19.6. The zero-order valence-electron chi connectivity index (χ0n) is 11.2. The van der Waals surface area contributed by atoms with E-state index in [0.717, 1.165) is 56.9 Å². The molecule has 0 amide bonds. The van der Waals surface area contributed by atoms with Crippen LogP contribution in [0.15, 0.2) is 18.2 Å². The fourth-order valence-electron chi connectivity index (χ4n) is 2.77. The fourth-order valence-corrected chi connectivity index (χ4v) is 2.77. The Kier molecular flexibility index (Phi) is 3.80. The molecule has 0 unspecified atom stereocenters. The average Bonchev–Trinajstić information content (AvgIpc) is 2.47. The summed E-state index contributed by atoms with van der Waals surface area (Å²) in [4.78, 5) is 14.7. The number of rotatable bonds is 3. The topological polar surface area (TPSA) is 41.6 Å². The van der Waals surface area contributed by atoms with Crippen LogP contribution in [0.4, 0.5) is 0 Å². The second kappa shape index (κ2) is 5.72. The smallest absolute Gasteiger partial charge is 0.180 e. The van der Waals surface area contributed by atoms with Crippen LogP contribution in [-0.4, -0.2) is 50.0 Å². The Labute approximate surface area is 113 Å². The van der Waals surface area contributed by atoms with E-state index in [1.807, 2.05) is 12.1 Å². The van der Waals surface area contributed by atoms with E-state index in [9.17, 15) is 4.79 Å². The predicted octanol–water partition coefficient (Wildman–Crippen LogP) is 1.10. The van der Waals surface area contributed by atoms with Gasteiger partial charge in [0.15, 0.2) is 5.78 Å². The summed E-state index contributed by atoms with van der Waals surface area (Å²) in [5.41, 5.74) is 1.94. The lowest BCUT2D eigenvalue weighted by molar-refractivity contribution is 0.0916. The molecule has 1 aromatic rings. The Morgan fingerprint density at radius 2 is 2.16 bits per heavy atom. The molecule has 0 bridgehead atoms. The van der Waals surface area contributed by atoms with E-state index < -0.39 is 0 Å². The lowest BCUT2D eigenvalue weighted by atomic mass is 10.00. The molecule has 0 saturated carbocycles. The van der Waals surface area contributed by atoms with Crippen LogP contribution in [0.2, 0.25) is 0 Å². The molecule has 2 aliphatic heterocycles. The molecule has 0 radical (unpaired) electrons. The van der Waals surface area contributed by atoms with Crippen molar-refractivity contribution < 1.29 is 9.53 Å². The van der Waals surface area contributed by atoms with Crippen LogP contribution < -0.4 is 10.1 Å². The highest BCUT2D eigenvalue weighted by Gasteiger charge is 2.21. The molecule has 1 N–H and O–H groups in total. The number of carbonyl (C=O) groups is 1. The van der Waals surface area contributed by atoms with Gasteiger partial charge in [0.1, 0.15) is 5.75 Å². The van der Waals surface area contributed by atoms with Crippen LogP contribution in [0.5, 0.6) is 5.75 Å². The van der Waals surface area contributed by atoms with E-state index in [2.05, 4.69) is 16.3 Å². The number of Topliss-reactive ketones (excluding diaryl/α,β-unsaturated/α-hetero) is 1. The maximum absolute atomic E-state index is 12.4. The molecule has 102 valence electrons. The molecule has 0 spiro atoms. The summed E-state index contributed by atoms with van der Waals surface area (Å²) in [6.07, 6.45) is 2.06. The molecule has 3 rings (SSSR count). The number of hydrogen-bond acceptors (Lipinski definition) is 4. The first kappa shape index (κ1) is 12.6. The largest absolute Gasteiger partial charge is 0.493 e. The molecule has 1 aromatic carbocycles. The molecule has 0 atom stereocenters. The van der Waals surface area contributed by atoms with E-state index in [-0.39, 0.29) is 5.78 Å². The highest BCUT2D eigenvalue weighted by atomic mass is 16.5. The molecule has 2 aliphatic rings. The summed E-state index contributed by atoms with van der Waals surface area (Å²) in [5.74, 6) is 1.01. The molecule has 4 nitrogen and oxygen atoms in total. The van der Waals surface area contributed by atoms with E-state index in [0.29, 0.717) is 6.54 Å². The molecule has 4 heteroatoms. The Morgan fingerprint density at radius 1 is 1.32 bits per heavy atom. The molecular formula is C15H20N2O2. The predicted molar refractivity (Wildman–Crippen MR) is 73.9 cm³/mol. The number of fused-ring (bicyclic) bond motifs is 1. The van der Waals surface area contributed by atoms with Crippen molar-refractivity contribution in [2.45, 2.75) is 12.8 Å². The van der Waals surface area contributed by atoms with E-state index in [4.69, 9.17) is 4.74 Å². The number of benzene rings is 1. The lowest BCUT2D eigenvalue weighted by Crippen LogP contribution is -2.45. The van der Waals surface area contributed by atoms with Gasteiger partial charge < -0.3 is 10.1 Å². The molecule has 0 aliphatic carbocycles. The van der Waals surface area contributed by atoms with E-state index >= 15 is 0 Å². The molecule has 19 heavy (non-hydrogen) atoms. The first-order valence-electron chi connectivity index (χ1n) is 7.05. The highest BCUT2D eigenvalue weighted by molar-refractivity contribution is 6.00. The zero-order chi connectivity index (χ0) is 13.1. The van der Waals surface area contributed by atoms with Gasteiger partial charge in [-0.25, -0.2) is 0 Å². The summed E-state index contributed by atoms with van der Waals surface area (Å²) in [6.45, 7) is 5.06. The van der Waals surface area contributed by atoms with Gasteiger partial charge in [-0.15, -0.1) is 0 Å². The maximum atomic E-state index is 12.4. The second-order valence-corrected chi connectivity index (χ2v) is 5.20. The number of aryl methyl sites for hydroxylation is 1. The van der Waals surface area contributed by atoms with Crippen molar-refractivity contribution in [2.75, 3.05) is 39.3 Å². The van der Waals surface area contributed by atoms with Crippen LogP contribution in [0, 0.1) is 0 Å². The summed E-state index contributed by atoms with van der Waals surface area (Å²) in [6, 6.07) is 5.93. The lowest BCUT2D eigenvalue weighted by Gasteiger charge is -2.27. The van der Waals surface area contributed by atoms with Crippen LogP contribution in [0.25, 0.3) is 0 Å². The third kappa shape index (κ3) is 2.80. The van der Waals surface area contributed by atoms with Crippen LogP contribution >= 0.6 is 0 Å². The molecular weight excluding hydrogens is 240 g/mol. The van der Waals surface area contributed by atoms with Gasteiger partial charge in [0.25, 0.3) is 0 Å². The van der Waals surface area contributed by atoms with Gasteiger partial charge in [0.05, 0.1) is 18.7 Å². The highest BCUT2D eigenvalue weighted by Crippen LogP contribution is 2.29. The van der Waals surface area contributed by atoms with Crippen molar-refractivity contribution in [1.82, 2.24) is 10.2 Å². The van der Waals surface area contributed by atoms with Crippen molar-refractivity contribution in [3.63, 3.8) is 0 Å². The fraction of sp³-hybridized carbons (Fsp3) is 0.533. The first-order valence-corrected chi connectivity index (χ1v) is 7.05. The number of ketones is 1.